The van der Waals surface area contributed by atoms with Gasteiger partial charge in [-0.15, -0.1) is 0 Å². The van der Waals surface area contributed by atoms with Gasteiger partial charge in [-0.3, -0.25) is 4.68 Å². The van der Waals surface area contributed by atoms with Crippen molar-refractivity contribution in [1.29, 1.82) is 0 Å². The lowest BCUT2D eigenvalue weighted by Crippen LogP contribution is -2.17. The van der Waals surface area contributed by atoms with E-state index in [0.29, 0.717) is 13.2 Å². The number of nitrogens with zero attached hydrogens (tertiary/aromatic N) is 1. The fourth-order valence-corrected chi connectivity index (χ4v) is 2.85. The second-order valence-corrected chi connectivity index (χ2v) is 5.68. The van der Waals surface area contributed by atoms with Crippen LogP contribution in [0.1, 0.15) is 23.9 Å². The van der Waals surface area contributed by atoms with Gasteiger partial charge in [0.2, 0.25) is 0 Å². The standard InChI is InChI=1S/C16H21BrN2O2/c1-5-21-16-14(17)8-13(9-15(16)20-4)10-18-19-11(2)6-7-12(19)3/h6-9,18H,5,10H2,1-4H3. The Morgan fingerprint density at radius 3 is 2.43 bits per heavy atom. The summed E-state index contributed by atoms with van der Waals surface area (Å²) in [5.74, 6) is 1.49. The van der Waals surface area contributed by atoms with Gasteiger partial charge in [0.05, 0.1) is 24.7 Å². The molecule has 21 heavy (non-hydrogen) atoms. The second-order valence-electron chi connectivity index (χ2n) is 4.83. The lowest BCUT2D eigenvalue weighted by molar-refractivity contribution is 0.308. The quantitative estimate of drug-likeness (QED) is 0.852. The molecule has 5 heteroatoms. The summed E-state index contributed by atoms with van der Waals surface area (Å²) in [5, 5.41) is 0. The SMILES string of the molecule is CCOc1c(Br)cc(CNn2c(C)ccc2C)cc1OC. The molecule has 1 heterocycles. The third-order valence-corrected chi connectivity index (χ3v) is 3.88. The number of nitrogens with one attached hydrogen (secondary N) is 1. The van der Waals surface area contributed by atoms with Gasteiger partial charge >= 0.3 is 0 Å². The molecule has 0 aliphatic carbocycles. The van der Waals surface area contributed by atoms with Crippen molar-refractivity contribution >= 4 is 15.9 Å². The highest BCUT2D eigenvalue weighted by molar-refractivity contribution is 9.10. The van der Waals surface area contributed by atoms with E-state index >= 15 is 0 Å². The molecule has 0 spiro atoms. The van der Waals surface area contributed by atoms with E-state index < -0.39 is 0 Å². The molecule has 0 amide bonds. The van der Waals surface area contributed by atoms with Crippen LogP contribution in [0.2, 0.25) is 0 Å². The fraction of sp³-hybridized carbons (Fsp3) is 0.375. The van der Waals surface area contributed by atoms with Crippen LogP contribution in [-0.2, 0) is 6.54 Å². The van der Waals surface area contributed by atoms with Crippen molar-refractivity contribution in [2.75, 3.05) is 19.1 Å². The Labute approximate surface area is 134 Å². The predicted octanol–water partition coefficient (Wildman–Crippen LogP) is 4.02. The summed E-state index contributed by atoms with van der Waals surface area (Å²) < 4.78 is 14.0. The molecule has 0 saturated heterocycles. The number of hydrogen-bond donors (Lipinski definition) is 1. The van der Waals surface area contributed by atoms with Crippen LogP contribution in [0.5, 0.6) is 11.5 Å². The largest absolute Gasteiger partial charge is 0.493 e. The molecule has 1 aromatic heterocycles. The Balaban J connectivity index is 2.19. The molecule has 2 rings (SSSR count). The second kappa shape index (κ2) is 6.89. The minimum Gasteiger partial charge on any atom is -0.493 e. The molecule has 0 fully saturated rings. The zero-order valence-corrected chi connectivity index (χ0v) is 14.5. The van der Waals surface area contributed by atoms with Crippen LogP contribution >= 0.6 is 15.9 Å². The number of hydrogen-bond acceptors (Lipinski definition) is 3. The van der Waals surface area contributed by atoms with Gasteiger partial charge in [-0.1, -0.05) is 0 Å². The number of methoxy groups -OCH3 is 1. The van der Waals surface area contributed by atoms with Gasteiger partial charge in [-0.2, -0.15) is 0 Å². The molecule has 2 aromatic rings. The maximum Gasteiger partial charge on any atom is 0.175 e. The van der Waals surface area contributed by atoms with Crippen LogP contribution in [0, 0.1) is 13.8 Å². The van der Waals surface area contributed by atoms with Gasteiger partial charge < -0.3 is 14.9 Å². The van der Waals surface area contributed by atoms with Crippen molar-refractivity contribution < 1.29 is 9.47 Å². The Bertz CT molecular complexity index is 603. The van der Waals surface area contributed by atoms with Gasteiger partial charge in [-0.05, 0) is 66.5 Å². The Morgan fingerprint density at radius 2 is 1.86 bits per heavy atom. The summed E-state index contributed by atoms with van der Waals surface area (Å²) in [7, 11) is 1.65. The van der Waals surface area contributed by atoms with Gasteiger partial charge in [0, 0.05) is 11.4 Å². The van der Waals surface area contributed by atoms with Crippen LogP contribution in [0.4, 0.5) is 0 Å². The molecule has 4 nitrogen and oxygen atoms in total. The van der Waals surface area contributed by atoms with Gasteiger partial charge in [-0.25, -0.2) is 0 Å². The van der Waals surface area contributed by atoms with Crippen molar-refractivity contribution in [1.82, 2.24) is 4.68 Å². The first kappa shape index (κ1) is 15.8. The highest BCUT2D eigenvalue weighted by Gasteiger charge is 2.11. The lowest BCUT2D eigenvalue weighted by atomic mass is 10.2. The molecule has 114 valence electrons. The molecule has 1 N–H and O–H groups in total. The summed E-state index contributed by atoms with van der Waals surface area (Å²) in [6.07, 6.45) is 0. The molecular formula is C16H21BrN2O2. The number of benzene rings is 1. The monoisotopic (exact) mass is 352 g/mol. The van der Waals surface area contributed by atoms with E-state index in [-0.39, 0.29) is 0 Å². The third-order valence-electron chi connectivity index (χ3n) is 3.29. The van der Waals surface area contributed by atoms with E-state index in [1.165, 1.54) is 11.4 Å². The highest BCUT2D eigenvalue weighted by Crippen LogP contribution is 2.36. The fourth-order valence-electron chi connectivity index (χ4n) is 2.25. The zero-order valence-electron chi connectivity index (χ0n) is 12.9. The topological polar surface area (TPSA) is 35.4 Å². The highest BCUT2D eigenvalue weighted by atomic mass is 79.9. The number of aryl methyl sites for hydroxylation is 2. The summed E-state index contributed by atoms with van der Waals surface area (Å²) >= 11 is 3.55. The van der Waals surface area contributed by atoms with Crippen LogP contribution in [-0.4, -0.2) is 18.4 Å². The van der Waals surface area contributed by atoms with E-state index in [1.54, 1.807) is 7.11 Å². The van der Waals surface area contributed by atoms with Crippen molar-refractivity contribution in [3.63, 3.8) is 0 Å². The van der Waals surface area contributed by atoms with Crippen LogP contribution in [0.25, 0.3) is 0 Å². The zero-order chi connectivity index (χ0) is 15.4. The maximum absolute atomic E-state index is 5.60. The minimum absolute atomic E-state index is 0.605. The molecule has 0 atom stereocenters. The summed E-state index contributed by atoms with van der Waals surface area (Å²) in [5.41, 5.74) is 6.90. The van der Waals surface area contributed by atoms with E-state index in [9.17, 15) is 0 Å². The number of ether oxygens (including phenoxy) is 2. The predicted molar refractivity (Wildman–Crippen MR) is 88.8 cm³/mol. The van der Waals surface area contributed by atoms with E-state index in [0.717, 1.165) is 21.5 Å². The number of halogens is 1. The van der Waals surface area contributed by atoms with E-state index in [2.05, 4.69) is 58.1 Å². The van der Waals surface area contributed by atoms with Crippen molar-refractivity contribution in [3.8, 4) is 11.5 Å². The lowest BCUT2D eigenvalue weighted by Gasteiger charge is -2.16. The first-order chi connectivity index (χ1) is 10.1. The molecule has 0 unspecified atom stereocenters. The van der Waals surface area contributed by atoms with Gasteiger partial charge in [0.1, 0.15) is 0 Å². The summed E-state index contributed by atoms with van der Waals surface area (Å²) in [6.45, 7) is 7.42. The van der Waals surface area contributed by atoms with Gasteiger partial charge in [0.25, 0.3) is 0 Å². The first-order valence-electron chi connectivity index (χ1n) is 6.94. The molecule has 0 radical (unpaired) electrons. The Hall–Kier alpha value is -1.62. The molecule has 0 bridgehead atoms. The summed E-state index contributed by atoms with van der Waals surface area (Å²) in [4.78, 5) is 0. The Morgan fingerprint density at radius 1 is 1.19 bits per heavy atom. The molecule has 0 aliphatic rings. The average molecular weight is 353 g/mol. The summed E-state index contributed by atoms with van der Waals surface area (Å²) in [6, 6.07) is 8.24. The number of rotatable bonds is 6. The van der Waals surface area contributed by atoms with Crippen LogP contribution in [0.15, 0.2) is 28.7 Å². The molecule has 1 aromatic carbocycles. The Kier molecular flexibility index (Phi) is 5.17. The van der Waals surface area contributed by atoms with E-state index in [1.807, 2.05) is 13.0 Å². The van der Waals surface area contributed by atoms with Gasteiger partial charge in [0.15, 0.2) is 11.5 Å². The molecule has 0 saturated carbocycles. The smallest absolute Gasteiger partial charge is 0.175 e. The van der Waals surface area contributed by atoms with Crippen LogP contribution in [0.3, 0.4) is 0 Å². The minimum atomic E-state index is 0.605. The first-order valence-corrected chi connectivity index (χ1v) is 7.74. The van der Waals surface area contributed by atoms with Crippen molar-refractivity contribution in [2.45, 2.75) is 27.3 Å². The maximum atomic E-state index is 5.60. The van der Waals surface area contributed by atoms with Crippen molar-refractivity contribution in [2.24, 2.45) is 0 Å². The van der Waals surface area contributed by atoms with E-state index in [4.69, 9.17) is 9.47 Å². The molecular weight excluding hydrogens is 332 g/mol. The third kappa shape index (κ3) is 3.53. The van der Waals surface area contributed by atoms with Crippen molar-refractivity contribution in [3.05, 3.63) is 45.7 Å². The number of aromatic nitrogens is 1. The average Bonchev–Trinajstić information content (AvgIpc) is 2.78. The molecule has 0 aliphatic heterocycles. The normalized spacial score (nSPS) is 10.5. The van der Waals surface area contributed by atoms with Crippen LogP contribution < -0.4 is 14.9 Å².